The van der Waals surface area contributed by atoms with Crippen LogP contribution in [-0.4, -0.2) is 35.3 Å². The first-order valence-electron chi connectivity index (χ1n) is 3.76. The van der Waals surface area contributed by atoms with Gasteiger partial charge in [0.25, 0.3) is 0 Å². The summed E-state index contributed by atoms with van der Waals surface area (Å²) in [6, 6.07) is 1.95. The Bertz CT molecular complexity index is 393. The Morgan fingerprint density at radius 3 is 2.93 bits per heavy atom. The number of aromatic nitrogens is 2. The topological polar surface area (TPSA) is 65.2 Å². The van der Waals surface area contributed by atoms with E-state index in [1.54, 1.807) is 17.4 Å². The van der Waals surface area contributed by atoms with Crippen molar-refractivity contribution in [2.45, 2.75) is 0 Å². The monoisotopic (exact) mass is 301 g/mol. The summed E-state index contributed by atoms with van der Waals surface area (Å²) in [5, 5.41) is 8.76. The summed E-state index contributed by atoms with van der Waals surface area (Å²) in [7, 11) is 3.69. The predicted octanol–water partition coefficient (Wildman–Crippen LogP) is 1.17. The third kappa shape index (κ3) is 2.92. The van der Waals surface area contributed by atoms with Gasteiger partial charge in [0.05, 0.1) is 12.5 Å². The highest BCUT2D eigenvalue weighted by Gasteiger charge is 2.03. The number of hydrogen-bond acceptors (Lipinski definition) is 4. The largest absolute Gasteiger partial charge is 0.369 e. The van der Waals surface area contributed by atoms with Gasteiger partial charge in [-0.25, -0.2) is 15.0 Å². The van der Waals surface area contributed by atoms with Gasteiger partial charge < -0.3 is 4.90 Å². The molecule has 1 rings (SSSR count). The third-order valence-corrected chi connectivity index (χ3v) is 1.76. The maximum Gasteiger partial charge on any atom is 0.190 e. The number of halogens is 1. The molecule has 0 N–H and O–H groups in total. The Labute approximate surface area is 95.6 Å². The number of hydrogen-bond donors (Lipinski definition) is 0. The molecule has 14 heavy (non-hydrogen) atoms. The molecule has 0 atom stereocenters. The molecule has 0 bridgehead atoms. The van der Waals surface area contributed by atoms with Crippen LogP contribution in [0.3, 0.4) is 0 Å². The molecular weight excluding hydrogens is 293 g/mol. The zero-order valence-electron chi connectivity index (χ0n) is 7.77. The minimum absolute atomic E-state index is 0.245. The summed E-state index contributed by atoms with van der Waals surface area (Å²) < 4.78 is 0.683. The number of aliphatic imine (C=N–C) groups is 1. The van der Waals surface area contributed by atoms with Crippen molar-refractivity contribution in [3.8, 4) is 6.07 Å². The Hall–Kier alpha value is -1.23. The van der Waals surface area contributed by atoms with Crippen LogP contribution in [0.4, 0.5) is 5.82 Å². The van der Waals surface area contributed by atoms with Crippen molar-refractivity contribution in [2.24, 2.45) is 4.99 Å². The molecular formula is C8H8IN5. The smallest absolute Gasteiger partial charge is 0.190 e. The maximum absolute atomic E-state index is 8.76. The van der Waals surface area contributed by atoms with E-state index >= 15 is 0 Å². The van der Waals surface area contributed by atoms with E-state index in [0.29, 0.717) is 9.52 Å². The van der Waals surface area contributed by atoms with Crippen LogP contribution in [0.25, 0.3) is 0 Å². The second-order valence-electron chi connectivity index (χ2n) is 2.68. The molecule has 1 aromatic heterocycles. The molecule has 0 aliphatic carbocycles. The van der Waals surface area contributed by atoms with Crippen LogP contribution in [0.2, 0.25) is 0 Å². The number of nitrogens with zero attached hydrogens (tertiary/aromatic N) is 5. The highest BCUT2D eigenvalue weighted by molar-refractivity contribution is 14.1. The fourth-order valence-electron chi connectivity index (χ4n) is 0.701. The van der Waals surface area contributed by atoms with Crippen molar-refractivity contribution < 1.29 is 0 Å². The molecule has 0 saturated carbocycles. The Morgan fingerprint density at radius 2 is 2.36 bits per heavy atom. The second kappa shape index (κ2) is 4.85. The van der Waals surface area contributed by atoms with Gasteiger partial charge in [-0.2, -0.15) is 5.26 Å². The van der Waals surface area contributed by atoms with E-state index in [-0.39, 0.29) is 5.69 Å². The number of rotatable bonds is 2. The Morgan fingerprint density at radius 1 is 1.64 bits per heavy atom. The van der Waals surface area contributed by atoms with E-state index in [0.717, 1.165) is 0 Å². The van der Waals surface area contributed by atoms with Gasteiger partial charge in [-0.05, 0) is 22.6 Å². The zero-order valence-corrected chi connectivity index (χ0v) is 9.93. The average Bonchev–Trinajstić information content (AvgIpc) is 2.15. The van der Waals surface area contributed by atoms with Crippen LogP contribution in [0.5, 0.6) is 0 Å². The van der Waals surface area contributed by atoms with E-state index in [9.17, 15) is 0 Å². The van der Waals surface area contributed by atoms with Gasteiger partial charge in [-0.1, -0.05) is 0 Å². The van der Waals surface area contributed by atoms with Crippen molar-refractivity contribution in [3.05, 3.63) is 15.6 Å². The van der Waals surface area contributed by atoms with Gasteiger partial charge >= 0.3 is 0 Å². The van der Waals surface area contributed by atoms with Gasteiger partial charge in [0.1, 0.15) is 9.77 Å². The van der Waals surface area contributed by atoms with Gasteiger partial charge in [0.2, 0.25) is 0 Å². The zero-order chi connectivity index (χ0) is 10.6. The SMILES string of the molecule is CN(C)/C=N\c1ncc(I)nc1C#N. The van der Waals surface area contributed by atoms with Gasteiger partial charge in [0.15, 0.2) is 11.5 Å². The molecule has 6 heteroatoms. The Balaban J connectivity index is 3.04. The van der Waals surface area contributed by atoms with Crippen LogP contribution in [0.15, 0.2) is 11.2 Å². The van der Waals surface area contributed by atoms with Crippen molar-refractivity contribution in [3.63, 3.8) is 0 Å². The number of nitriles is 1. The molecule has 0 aliphatic rings. The predicted molar refractivity (Wildman–Crippen MR) is 61.3 cm³/mol. The molecule has 0 saturated heterocycles. The molecule has 1 heterocycles. The molecule has 1 aromatic rings. The molecule has 0 aliphatic heterocycles. The molecule has 0 spiro atoms. The minimum Gasteiger partial charge on any atom is -0.369 e. The molecule has 0 amide bonds. The molecule has 5 nitrogen and oxygen atoms in total. The molecule has 72 valence electrons. The highest BCUT2D eigenvalue weighted by atomic mass is 127. The first kappa shape index (κ1) is 10.8. The average molecular weight is 301 g/mol. The first-order chi connectivity index (χ1) is 6.63. The highest BCUT2D eigenvalue weighted by Crippen LogP contribution is 2.12. The maximum atomic E-state index is 8.76. The lowest BCUT2D eigenvalue weighted by molar-refractivity contribution is 0.643. The molecule has 0 radical (unpaired) electrons. The van der Waals surface area contributed by atoms with E-state index in [1.165, 1.54) is 0 Å². The quantitative estimate of drug-likeness (QED) is 0.467. The normalized spacial score (nSPS) is 10.1. The van der Waals surface area contributed by atoms with Crippen LogP contribution < -0.4 is 0 Å². The fourth-order valence-corrected chi connectivity index (χ4v) is 1.08. The lowest BCUT2D eigenvalue weighted by Gasteiger charge is -2.02. The van der Waals surface area contributed by atoms with E-state index in [1.807, 2.05) is 42.8 Å². The first-order valence-corrected chi connectivity index (χ1v) is 4.84. The summed E-state index contributed by atoms with van der Waals surface area (Å²) in [4.78, 5) is 13.8. The lowest BCUT2D eigenvalue weighted by atomic mass is 10.4. The third-order valence-electron chi connectivity index (χ3n) is 1.24. The van der Waals surface area contributed by atoms with E-state index < -0.39 is 0 Å². The summed E-state index contributed by atoms with van der Waals surface area (Å²) in [5.41, 5.74) is 0.245. The minimum atomic E-state index is 0.245. The van der Waals surface area contributed by atoms with Crippen LogP contribution in [0.1, 0.15) is 5.69 Å². The van der Waals surface area contributed by atoms with Crippen molar-refractivity contribution in [1.29, 1.82) is 5.26 Å². The summed E-state index contributed by atoms with van der Waals surface area (Å²) in [6.07, 6.45) is 3.15. The summed E-state index contributed by atoms with van der Waals surface area (Å²) >= 11 is 2.00. The van der Waals surface area contributed by atoms with E-state index in [2.05, 4.69) is 15.0 Å². The van der Waals surface area contributed by atoms with Crippen molar-refractivity contribution in [2.75, 3.05) is 14.1 Å². The van der Waals surface area contributed by atoms with Crippen LogP contribution >= 0.6 is 22.6 Å². The molecule has 0 unspecified atom stereocenters. The van der Waals surface area contributed by atoms with Crippen LogP contribution in [0, 0.1) is 15.0 Å². The fraction of sp³-hybridized carbons (Fsp3) is 0.250. The van der Waals surface area contributed by atoms with Gasteiger partial charge in [-0.3, -0.25) is 0 Å². The van der Waals surface area contributed by atoms with Gasteiger partial charge in [0, 0.05) is 14.1 Å². The standard InChI is InChI=1S/C8H8IN5/c1-14(2)5-12-8-6(3-10)13-7(9)4-11-8/h4-5H,1-2H3/b12-5-. The van der Waals surface area contributed by atoms with Gasteiger partial charge in [-0.15, -0.1) is 0 Å². The van der Waals surface area contributed by atoms with Crippen LogP contribution in [-0.2, 0) is 0 Å². The summed E-state index contributed by atoms with van der Waals surface area (Å²) in [5.74, 6) is 0.349. The van der Waals surface area contributed by atoms with Crippen molar-refractivity contribution >= 4 is 34.7 Å². The Kier molecular flexibility index (Phi) is 3.76. The second-order valence-corrected chi connectivity index (χ2v) is 3.79. The van der Waals surface area contributed by atoms with E-state index in [4.69, 9.17) is 5.26 Å². The lowest BCUT2D eigenvalue weighted by Crippen LogP contribution is -2.07. The molecule has 0 fully saturated rings. The van der Waals surface area contributed by atoms with Crippen molar-refractivity contribution in [1.82, 2.24) is 14.9 Å². The molecule has 0 aromatic carbocycles. The summed E-state index contributed by atoms with van der Waals surface area (Å²) in [6.45, 7) is 0.